The first-order valence-electron chi connectivity index (χ1n) is 11.0. The molecule has 1 amide bonds. The number of pyridine rings is 1. The second kappa shape index (κ2) is 9.55. The maximum atomic E-state index is 13.4. The number of aromatic nitrogens is 4. The number of anilines is 1. The molecule has 35 heavy (non-hydrogen) atoms. The topological polar surface area (TPSA) is 91.2 Å². The Kier molecular flexibility index (Phi) is 6.15. The molecule has 5 rings (SSSR count). The van der Waals surface area contributed by atoms with E-state index in [4.69, 9.17) is 14.5 Å². The summed E-state index contributed by atoms with van der Waals surface area (Å²) in [6.45, 7) is 2.64. The highest BCUT2D eigenvalue weighted by Crippen LogP contribution is 2.35. The third-order valence-corrected chi connectivity index (χ3v) is 6.39. The van der Waals surface area contributed by atoms with Gasteiger partial charge in [-0.05, 0) is 31.2 Å². The summed E-state index contributed by atoms with van der Waals surface area (Å²) in [5.41, 5.74) is 4.26. The van der Waals surface area contributed by atoms with E-state index >= 15 is 0 Å². The molecule has 0 unspecified atom stereocenters. The summed E-state index contributed by atoms with van der Waals surface area (Å²) < 4.78 is 12.6. The average Bonchev–Trinajstić information content (AvgIpc) is 3.55. The maximum Gasteiger partial charge on any atom is 0.258 e. The van der Waals surface area contributed by atoms with Crippen molar-refractivity contribution in [1.29, 1.82) is 0 Å². The Hall–Kier alpha value is -4.24. The van der Waals surface area contributed by atoms with Crippen molar-refractivity contribution in [2.24, 2.45) is 0 Å². The molecule has 0 atom stereocenters. The molecule has 0 aliphatic carbocycles. The number of ether oxygens (including phenoxy) is 2. The zero-order valence-electron chi connectivity index (χ0n) is 19.5. The largest absolute Gasteiger partial charge is 0.497 e. The van der Waals surface area contributed by atoms with Gasteiger partial charge in [0.05, 0.1) is 42.8 Å². The van der Waals surface area contributed by atoms with E-state index in [9.17, 15) is 4.79 Å². The van der Waals surface area contributed by atoms with Crippen LogP contribution in [0.1, 0.15) is 17.3 Å². The molecule has 0 saturated heterocycles. The Labute approximate surface area is 206 Å². The Morgan fingerprint density at radius 2 is 1.86 bits per heavy atom. The van der Waals surface area contributed by atoms with Crippen molar-refractivity contribution < 1.29 is 14.3 Å². The van der Waals surface area contributed by atoms with Crippen molar-refractivity contribution in [3.63, 3.8) is 0 Å². The highest BCUT2D eigenvalue weighted by molar-refractivity contribution is 7.14. The fourth-order valence-corrected chi connectivity index (χ4v) is 4.56. The van der Waals surface area contributed by atoms with Crippen molar-refractivity contribution in [2.75, 3.05) is 19.5 Å². The zero-order valence-corrected chi connectivity index (χ0v) is 20.3. The lowest BCUT2D eigenvalue weighted by molar-refractivity contribution is 0.102. The average molecular weight is 486 g/mol. The third kappa shape index (κ3) is 4.33. The van der Waals surface area contributed by atoms with Crippen LogP contribution in [0.3, 0.4) is 0 Å². The molecule has 5 aromatic rings. The molecule has 176 valence electrons. The maximum absolute atomic E-state index is 13.4. The minimum Gasteiger partial charge on any atom is -0.497 e. The van der Waals surface area contributed by atoms with Gasteiger partial charge in [0.25, 0.3) is 5.91 Å². The number of nitrogens with one attached hydrogen (secondary N) is 1. The lowest BCUT2D eigenvalue weighted by atomic mass is 10.1. The van der Waals surface area contributed by atoms with Crippen LogP contribution in [0.2, 0.25) is 0 Å². The number of hydrogen-bond donors (Lipinski definition) is 1. The van der Waals surface area contributed by atoms with E-state index in [0.717, 1.165) is 11.1 Å². The third-order valence-electron chi connectivity index (χ3n) is 5.63. The number of carbonyl (C=O) groups excluding carboxylic acids is 1. The SMILES string of the molecule is CCn1ncc2c(C(=O)Nc3nc(-c4cc(OC)ccc4OC)cs3)cc(-c3ccccc3)nc21. The standard InChI is InChI=1S/C26H23N5O3S/c1-4-31-24-20(14-27-31)18(13-21(28-24)16-8-6-5-7-9-16)25(32)30-26-29-22(15-35-26)19-12-17(33-2)10-11-23(19)34-3/h5-15H,4H2,1-3H3,(H,29,30,32). The van der Waals surface area contributed by atoms with Gasteiger partial charge in [0.2, 0.25) is 0 Å². The van der Waals surface area contributed by atoms with Gasteiger partial charge in [0, 0.05) is 23.1 Å². The first-order chi connectivity index (χ1) is 17.1. The van der Waals surface area contributed by atoms with Crippen molar-refractivity contribution >= 4 is 33.4 Å². The van der Waals surface area contributed by atoms with E-state index in [1.165, 1.54) is 11.3 Å². The van der Waals surface area contributed by atoms with Gasteiger partial charge in [-0.3, -0.25) is 10.1 Å². The lowest BCUT2D eigenvalue weighted by Gasteiger charge is -2.09. The van der Waals surface area contributed by atoms with Gasteiger partial charge in [0.15, 0.2) is 10.8 Å². The number of carbonyl (C=O) groups is 1. The predicted octanol–water partition coefficient (Wildman–Crippen LogP) is 5.51. The molecular weight excluding hydrogens is 462 g/mol. The van der Waals surface area contributed by atoms with Gasteiger partial charge in [-0.2, -0.15) is 5.10 Å². The van der Waals surface area contributed by atoms with E-state index in [0.29, 0.717) is 51.2 Å². The van der Waals surface area contributed by atoms with Crippen molar-refractivity contribution in [3.8, 4) is 34.0 Å². The number of fused-ring (bicyclic) bond motifs is 1. The summed E-state index contributed by atoms with van der Waals surface area (Å²) >= 11 is 1.34. The monoisotopic (exact) mass is 485 g/mol. The molecule has 3 heterocycles. The second-order valence-corrected chi connectivity index (χ2v) is 8.54. The van der Waals surface area contributed by atoms with Gasteiger partial charge in [-0.1, -0.05) is 30.3 Å². The van der Waals surface area contributed by atoms with E-state index in [-0.39, 0.29) is 5.91 Å². The number of amides is 1. The lowest BCUT2D eigenvalue weighted by Crippen LogP contribution is -2.13. The molecule has 0 aliphatic rings. The molecule has 0 spiro atoms. The van der Waals surface area contributed by atoms with Crippen molar-refractivity contribution in [3.05, 3.63) is 71.7 Å². The van der Waals surface area contributed by atoms with Crippen LogP contribution >= 0.6 is 11.3 Å². The van der Waals surface area contributed by atoms with E-state index in [2.05, 4.69) is 15.4 Å². The number of aryl methyl sites for hydroxylation is 1. The highest BCUT2D eigenvalue weighted by Gasteiger charge is 2.19. The zero-order chi connectivity index (χ0) is 24.4. The van der Waals surface area contributed by atoms with Crippen LogP contribution in [0.5, 0.6) is 11.5 Å². The van der Waals surface area contributed by atoms with Crippen LogP contribution in [0.4, 0.5) is 5.13 Å². The van der Waals surface area contributed by atoms with Crippen LogP contribution < -0.4 is 14.8 Å². The van der Waals surface area contributed by atoms with Crippen LogP contribution in [0, 0.1) is 0 Å². The number of methoxy groups -OCH3 is 2. The summed E-state index contributed by atoms with van der Waals surface area (Å²) in [6, 6.07) is 17.1. The molecule has 0 bridgehead atoms. The van der Waals surface area contributed by atoms with E-state index in [1.807, 2.05) is 60.8 Å². The molecule has 0 radical (unpaired) electrons. The van der Waals surface area contributed by atoms with Crippen LogP contribution in [-0.4, -0.2) is 39.9 Å². The summed E-state index contributed by atoms with van der Waals surface area (Å²) in [5, 5.41) is 10.4. The minimum absolute atomic E-state index is 0.274. The van der Waals surface area contributed by atoms with Crippen molar-refractivity contribution in [1.82, 2.24) is 19.7 Å². The van der Waals surface area contributed by atoms with Gasteiger partial charge in [-0.15, -0.1) is 11.3 Å². The number of benzene rings is 2. The minimum atomic E-state index is -0.274. The highest BCUT2D eigenvalue weighted by atomic mass is 32.1. The number of rotatable bonds is 7. The molecule has 2 aromatic carbocycles. The summed E-state index contributed by atoms with van der Waals surface area (Å²) in [7, 11) is 3.22. The molecule has 0 saturated carbocycles. The number of hydrogen-bond acceptors (Lipinski definition) is 7. The Morgan fingerprint density at radius 1 is 1.03 bits per heavy atom. The fourth-order valence-electron chi connectivity index (χ4n) is 3.86. The van der Waals surface area contributed by atoms with Gasteiger partial charge in [0.1, 0.15) is 11.5 Å². The Morgan fingerprint density at radius 3 is 2.60 bits per heavy atom. The molecule has 0 aliphatic heterocycles. The fraction of sp³-hybridized carbons (Fsp3) is 0.154. The number of thiazole rings is 1. The summed E-state index contributed by atoms with van der Waals surface area (Å²) in [4.78, 5) is 22.8. The Bertz CT molecular complexity index is 1510. The first kappa shape index (κ1) is 22.5. The molecule has 1 N–H and O–H groups in total. The number of nitrogens with zero attached hydrogens (tertiary/aromatic N) is 4. The molecule has 3 aromatic heterocycles. The van der Waals surface area contributed by atoms with Crippen LogP contribution in [0.25, 0.3) is 33.5 Å². The van der Waals surface area contributed by atoms with Gasteiger partial charge >= 0.3 is 0 Å². The van der Waals surface area contributed by atoms with Gasteiger partial charge in [-0.25, -0.2) is 14.6 Å². The Balaban J connectivity index is 1.51. The molecule has 8 nitrogen and oxygen atoms in total. The second-order valence-electron chi connectivity index (χ2n) is 7.68. The summed E-state index contributed by atoms with van der Waals surface area (Å²) in [5.74, 6) is 1.09. The van der Waals surface area contributed by atoms with E-state index < -0.39 is 0 Å². The van der Waals surface area contributed by atoms with Gasteiger partial charge < -0.3 is 9.47 Å². The first-order valence-corrected chi connectivity index (χ1v) is 11.9. The predicted molar refractivity (Wildman–Crippen MR) is 137 cm³/mol. The van der Waals surface area contributed by atoms with Crippen LogP contribution in [-0.2, 0) is 6.54 Å². The molecular formula is C26H23N5O3S. The van der Waals surface area contributed by atoms with Crippen LogP contribution in [0.15, 0.2) is 66.2 Å². The van der Waals surface area contributed by atoms with E-state index in [1.54, 1.807) is 31.2 Å². The molecule has 9 heteroatoms. The smallest absolute Gasteiger partial charge is 0.258 e. The summed E-state index contributed by atoms with van der Waals surface area (Å²) in [6.07, 6.45) is 1.68. The van der Waals surface area contributed by atoms with Crippen molar-refractivity contribution in [2.45, 2.75) is 13.5 Å². The normalized spacial score (nSPS) is 10.9. The quantitative estimate of drug-likeness (QED) is 0.327. The molecule has 0 fully saturated rings.